The van der Waals surface area contributed by atoms with Crippen LogP contribution in [0.25, 0.3) is 0 Å². The molecular formula is C17H25N3O2S2. The molecule has 2 saturated heterocycles. The minimum Gasteiger partial charge on any atom is -0.465 e. The van der Waals surface area contributed by atoms with Gasteiger partial charge in [0, 0.05) is 30.6 Å². The first-order valence-corrected chi connectivity index (χ1v) is 9.78. The van der Waals surface area contributed by atoms with Crippen molar-refractivity contribution in [2.24, 2.45) is 0 Å². The van der Waals surface area contributed by atoms with E-state index in [1.165, 1.54) is 26.5 Å². The van der Waals surface area contributed by atoms with E-state index in [1.807, 2.05) is 6.92 Å². The van der Waals surface area contributed by atoms with Crippen LogP contribution in [0, 0.1) is 6.92 Å². The maximum Gasteiger partial charge on any atom is 0.341 e. The number of hydrogen-bond donors (Lipinski definition) is 1. The van der Waals surface area contributed by atoms with E-state index in [2.05, 4.69) is 22.0 Å². The Labute approximate surface area is 153 Å². The molecule has 132 valence electrons. The number of piperazine rings is 1. The van der Waals surface area contributed by atoms with Crippen LogP contribution in [0.5, 0.6) is 0 Å². The van der Waals surface area contributed by atoms with Crippen molar-refractivity contribution in [3.8, 4) is 0 Å². The molecule has 5 nitrogen and oxygen atoms in total. The van der Waals surface area contributed by atoms with Crippen molar-refractivity contribution in [2.75, 3.05) is 38.6 Å². The summed E-state index contributed by atoms with van der Waals surface area (Å²) < 4.78 is 4.98. The molecule has 1 aromatic rings. The van der Waals surface area contributed by atoms with Gasteiger partial charge < -0.3 is 15.0 Å². The van der Waals surface area contributed by atoms with Crippen LogP contribution in [0.2, 0.25) is 0 Å². The molecule has 0 radical (unpaired) electrons. The topological polar surface area (TPSA) is 44.8 Å². The molecule has 7 heteroatoms. The summed E-state index contributed by atoms with van der Waals surface area (Å²) in [6.07, 6.45) is 3.35. The number of esters is 1. The quantitative estimate of drug-likeness (QED) is 0.655. The summed E-state index contributed by atoms with van der Waals surface area (Å²) in [5, 5.41) is 4.86. The molecular weight excluding hydrogens is 342 g/mol. The van der Waals surface area contributed by atoms with Gasteiger partial charge in [-0.05, 0) is 50.5 Å². The Morgan fingerprint density at radius 1 is 1.42 bits per heavy atom. The third kappa shape index (κ3) is 3.30. The highest BCUT2D eigenvalue weighted by Gasteiger charge is 2.32. The molecule has 0 spiro atoms. The van der Waals surface area contributed by atoms with Crippen LogP contribution >= 0.6 is 23.6 Å². The second-order valence-corrected chi connectivity index (χ2v) is 8.01. The van der Waals surface area contributed by atoms with Gasteiger partial charge in [-0.2, -0.15) is 0 Å². The third-order valence-electron chi connectivity index (χ3n) is 5.05. The third-order valence-corrected chi connectivity index (χ3v) is 6.47. The smallest absolute Gasteiger partial charge is 0.341 e. The molecule has 2 aliphatic heterocycles. The fourth-order valence-corrected chi connectivity index (χ4v) is 5.23. The Balaban J connectivity index is 1.75. The number of anilines is 1. The molecule has 0 aromatic carbocycles. The number of aryl methyl sites for hydroxylation is 1. The van der Waals surface area contributed by atoms with Crippen molar-refractivity contribution in [2.45, 2.75) is 39.2 Å². The molecule has 0 aliphatic carbocycles. The van der Waals surface area contributed by atoms with Crippen molar-refractivity contribution in [1.29, 1.82) is 0 Å². The number of hydrogen-bond acceptors (Lipinski definition) is 5. The van der Waals surface area contributed by atoms with E-state index in [0.717, 1.165) is 46.6 Å². The fourth-order valence-electron chi connectivity index (χ4n) is 3.76. The number of nitrogens with one attached hydrogen (secondary N) is 1. The Hall–Kier alpha value is -1.18. The number of methoxy groups -OCH3 is 1. The predicted octanol–water partition coefficient (Wildman–Crippen LogP) is 2.88. The van der Waals surface area contributed by atoms with Crippen LogP contribution in [-0.2, 0) is 11.2 Å². The fraction of sp³-hybridized carbons (Fsp3) is 0.647. The van der Waals surface area contributed by atoms with E-state index < -0.39 is 0 Å². The lowest BCUT2D eigenvalue weighted by atomic mass is 10.1. The number of fused-ring (bicyclic) bond motifs is 1. The number of carbonyl (C=O) groups excluding carboxylic acids is 1. The Morgan fingerprint density at radius 3 is 2.92 bits per heavy atom. The lowest BCUT2D eigenvalue weighted by molar-refractivity contribution is 0.0601. The average molecular weight is 368 g/mol. The molecule has 0 amide bonds. The zero-order chi connectivity index (χ0) is 17.3. The monoisotopic (exact) mass is 367 g/mol. The van der Waals surface area contributed by atoms with Gasteiger partial charge in [0.15, 0.2) is 5.11 Å². The predicted molar refractivity (Wildman–Crippen MR) is 102 cm³/mol. The average Bonchev–Trinajstić information content (AvgIpc) is 3.16. The van der Waals surface area contributed by atoms with Crippen molar-refractivity contribution >= 4 is 39.6 Å². The van der Waals surface area contributed by atoms with Gasteiger partial charge >= 0.3 is 5.97 Å². The largest absolute Gasteiger partial charge is 0.465 e. The van der Waals surface area contributed by atoms with Gasteiger partial charge in [-0.3, -0.25) is 4.90 Å². The number of rotatable bonds is 3. The minimum absolute atomic E-state index is 0.290. The first-order valence-electron chi connectivity index (χ1n) is 8.55. The molecule has 0 unspecified atom stereocenters. The van der Waals surface area contributed by atoms with E-state index in [-0.39, 0.29) is 5.97 Å². The molecule has 3 heterocycles. The molecule has 0 bridgehead atoms. The number of thiophene rings is 1. The SMILES string of the molecule is CCc1c(C)sc(NC(=S)N2CCN3CCC[C@@H]3C2)c1C(=O)OC. The number of nitrogens with zero attached hydrogens (tertiary/aromatic N) is 2. The minimum atomic E-state index is -0.290. The van der Waals surface area contributed by atoms with Gasteiger partial charge in [-0.25, -0.2) is 4.79 Å². The van der Waals surface area contributed by atoms with Crippen LogP contribution in [0.1, 0.15) is 40.6 Å². The van der Waals surface area contributed by atoms with Crippen molar-refractivity contribution in [3.63, 3.8) is 0 Å². The van der Waals surface area contributed by atoms with Crippen molar-refractivity contribution in [1.82, 2.24) is 9.80 Å². The summed E-state index contributed by atoms with van der Waals surface area (Å²) in [6, 6.07) is 0.620. The van der Waals surface area contributed by atoms with E-state index in [4.69, 9.17) is 17.0 Å². The van der Waals surface area contributed by atoms with E-state index in [9.17, 15) is 4.79 Å². The van der Waals surface area contributed by atoms with Gasteiger partial charge in [0.25, 0.3) is 0 Å². The molecule has 2 fully saturated rings. The highest BCUT2D eigenvalue weighted by Crippen LogP contribution is 2.34. The maximum absolute atomic E-state index is 12.2. The first-order chi connectivity index (χ1) is 11.5. The summed E-state index contributed by atoms with van der Waals surface area (Å²) in [5.41, 5.74) is 1.70. The van der Waals surface area contributed by atoms with Crippen LogP contribution in [0.3, 0.4) is 0 Å². The summed E-state index contributed by atoms with van der Waals surface area (Å²) in [5.74, 6) is -0.290. The summed E-state index contributed by atoms with van der Waals surface area (Å²) in [7, 11) is 1.43. The van der Waals surface area contributed by atoms with Gasteiger partial charge in [-0.15, -0.1) is 11.3 Å². The van der Waals surface area contributed by atoms with E-state index in [1.54, 1.807) is 11.3 Å². The maximum atomic E-state index is 12.2. The summed E-state index contributed by atoms with van der Waals surface area (Å²) >= 11 is 7.22. The molecule has 2 aliphatic rings. The van der Waals surface area contributed by atoms with Crippen molar-refractivity contribution in [3.05, 3.63) is 16.0 Å². The molecule has 3 rings (SSSR count). The van der Waals surface area contributed by atoms with Crippen LogP contribution in [-0.4, -0.2) is 60.2 Å². The van der Waals surface area contributed by atoms with Crippen molar-refractivity contribution < 1.29 is 9.53 Å². The summed E-state index contributed by atoms with van der Waals surface area (Å²) in [4.78, 5) is 18.2. The normalized spacial score (nSPS) is 20.8. The first kappa shape index (κ1) is 17.6. The highest BCUT2D eigenvalue weighted by molar-refractivity contribution is 7.80. The Morgan fingerprint density at radius 2 is 2.21 bits per heavy atom. The summed E-state index contributed by atoms with van der Waals surface area (Å²) in [6.45, 7) is 8.31. The lowest BCUT2D eigenvalue weighted by Gasteiger charge is -2.38. The molecule has 1 aromatic heterocycles. The molecule has 0 saturated carbocycles. The highest BCUT2D eigenvalue weighted by atomic mass is 32.1. The zero-order valence-corrected chi connectivity index (χ0v) is 16.2. The standard InChI is InChI=1S/C17H25N3O2S2/c1-4-13-11(2)24-15(14(13)16(21)22-3)18-17(23)20-9-8-19-7-5-6-12(19)10-20/h12H,4-10H2,1-3H3,(H,18,23)/t12-/m1/s1. The Kier molecular flexibility index (Phi) is 5.42. The lowest BCUT2D eigenvalue weighted by Crippen LogP contribution is -2.53. The zero-order valence-electron chi connectivity index (χ0n) is 14.6. The van der Waals surface area contributed by atoms with Gasteiger partial charge in [0.2, 0.25) is 0 Å². The number of ether oxygens (including phenoxy) is 1. The second kappa shape index (κ2) is 7.37. The van der Waals surface area contributed by atoms with Crippen LogP contribution in [0.15, 0.2) is 0 Å². The van der Waals surface area contributed by atoms with E-state index in [0.29, 0.717) is 11.6 Å². The van der Waals surface area contributed by atoms with E-state index >= 15 is 0 Å². The number of thiocarbonyl (C=S) groups is 1. The van der Waals surface area contributed by atoms with Gasteiger partial charge in [0.1, 0.15) is 5.00 Å². The molecule has 24 heavy (non-hydrogen) atoms. The van der Waals surface area contributed by atoms with Crippen LogP contribution in [0.4, 0.5) is 5.00 Å². The second-order valence-electron chi connectivity index (χ2n) is 6.39. The van der Waals surface area contributed by atoms with Crippen LogP contribution < -0.4 is 5.32 Å². The van der Waals surface area contributed by atoms with Gasteiger partial charge in [0.05, 0.1) is 12.7 Å². The Bertz CT molecular complexity index is 644. The number of carbonyl (C=O) groups is 1. The molecule has 1 atom stereocenters. The van der Waals surface area contributed by atoms with Gasteiger partial charge in [-0.1, -0.05) is 6.92 Å². The molecule has 1 N–H and O–H groups in total.